The number of nitrogens with one attached hydrogen (secondary N) is 1. The SMILES string of the molecule is CCCN(CCC)CCn1cc(CNC)nn1. The van der Waals surface area contributed by atoms with Crippen molar-refractivity contribution in [2.45, 2.75) is 39.8 Å². The fourth-order valence-corrected chi connectivity index (χ4v) is 1.92. The van der Waals surface area contributed by atoms with Crippen molar-refractivity contribution in [2.75, 3.05) is 26.7 Å². The molecule has 0 fully saturated rings. The molecule has 5 nitrogen and oxygen atoms in total. The van der Waals surface area contributed by atoms with E-state index in [-0.39, 0.29) is 0 Å². The van der Waals surface area contributed by atoms with Gasteiger partial charge >= 0.3 is 0 Å². The maximum atomic E-state index is 4.13. The third-order valence-corrected chi connectivity index (χ3v) is 2.67. The molecule has 0 saturated heterocycles. The molecule has 0 aliphatic rings. The van der Waals surface area contributed by atoms with Crippen LogP contribution in [0.5, 0.6) is 0 Å². The van der Waals surface area contributed by atoms with Crippen LogP contribution in [0.15, 0.2) is 6.20 Å². The highest BCUT2D eigenvalue weighted by Crippen LogP contribution is 1.97. The summed E-state index contributed by atoms with van der Waals surface area (Å²) in [5, 5.41) is 11.3. The lowest BCUT2D eigenvalue weighted by Crippen LogP contribution is -2.29. The lowest BCUT2D eigenvalue weighted by Gasteiger charge is -2.20. The molecule has 0 unspecified atom stereocenters. The van der Waals surface area contributed by atoms with Crippen molar-refractivity contribution >= 4 is 0 Å². The zero-order valence-corrected chi connectivity index (χ0v) is 11.3. The summed E-state index contributed by atoms with van der Waals surface area (Å²) < 4.78 is 1.94. The van der Waals surface area contributed by atoms with Crippen LogP contribution < -0.4 is 5.32 Å². The molecular weight excluding hydrogens is 214 g/mol. The van der Waals surface area contributed by atoms with Crippen LogP contribution in [0.25, 0.3) is 0 Å². The van der Waals surface area contributed by atoms with Crippen molar-refractivity contribution in [3.63, 3.8) is 0 Å². The maximum absolute atomic E-state index is 4.13. The van der Waals surface area contributed by atoms with Crippen molar-refractivity contribution in [3.8, 4) is 0 Å². The van der Waals surface area contributed by atoms with Gasteiger partial charge in [-0.05, 0) is 33.0 Å². The van der Waals surface area contributed by atoms with Gasteiger partial charge in [0.15, 0.2) is 0 Å². The Morgan fingerprint density at radius 2 is 1.94 bits per heavy atom. The van der Waals surface area contributed by atoms with E-state index < -0.39 is 0 Å². The van der Waals surface area contributed by atoms with Crippen molar-refractivity contribution in [1.29, 1.82) is 0 Å². The topological polar surface area (TPSA) is 46.0 Å². The Balaban J connectivity index is 2.35. The molecule has 0 spiro atoms. The van der Waals surface area contributed by atoms with Crippen molar-refractivity contribution in [1.82, 2.24) is 25.2 Å². The number of aromatic nitrogens is 3. The zero-order chi connectivity index (χ0) is 12.5. The Morgan fingerprint density at radius 3 is 2.53 bits per heavy atom. The van der Waals surface area contributed by atoms with Crippen LogP contribution >= 0.6 is 0 Å². The molecule has 1 heterocycles. The first-order valence-corrected chi connectivity index (χ1v) is 6.56. The van der Waals surface area contributed by atoms with E-state index in [1.807, 2.05) is 17.9 Å². The lowest BCUT2D eigenvalue weighted by atomic mass is 10.3. The molecule has 1 rings (SSSR count). The van der Waals surface area contributed by atoms with Gasteiger partial charge in [0.25, 0.3) is 0 Å². The summed E-state index contributed by atoms with van der Waals surface area (Å²) in [5.41, 5.74) is 1.00. The van der Waals surface area contributed by atoms with Gasteiger partial charge in [0.2, 0.25) is 0 Å². The smallest absolute Gasteiger partial charge is 0.0964 e. The Hall–Kier alpha value is -0.940. The summed E-state index contributed by atoms with van der Waals surface area (Å²) in [6.45, 7) is 9.57. The lowest BCUT2D eigenvalue weighted by molar-refractivity contribution is 0.258. The Kier molecular flexibility index (Phi) is 6.81. The standard InChI is InChI=1S/C12H25N5/c1-4-6-16(7-5-2)8-9-17-11-12(10-13-3)14-15-17/h11,13H,4-10H2,1-3H3. The molecule has 0 aromatic carbocycles. The minimum absolute atomic E-state index is 0.785. The van der Waals surface area contributed by atoms with E-state index in [0.29, 0.717) is 0 Å². The largest absolute Gasteiger partial charge is 0.314 e. The quantitative estimate of drug-likeness (QED) is 0.701. The molecular formula is C12H25N5. The van der Waals surface area contributed by atoms with E-state index in [0.717, 1.165) is 25.3 Å². The third kappa shape index (κ3) is 5.28. The molecule has 0 amide bonds. The van der Waals surface area contributed by atoms with E-state index in [9.17, 15) is 0 Å². The first kappa shape index (κ1) is 14.1. The van der Waals surface area contributed by atoms with E-state index in [4.69, 9.17) is 0 Å². The number of rotatable bonds is 9. The van der Waals surface area contributed by atoms with Gasteiger partial charge in [0.1, 0.15) is 0 Å². The zero-order valence-electron chi connectivity index (χ0n) is 11.3. The normalized spacial score (nSPS) is 11.3. The molecule has 1 aromatic heterocycles. The second-order valence-electron chi connectivity index (χ2n) is 4.34. The molecule has 0 saturated carbocycles. The molecule has 0 bridgehead atoms. The molecule has 1 N–H and O–H groups in total. The Labute approximate surface area is 104 Å². The fourth-order valence-electron chi connectivity index (χ4n) is 1.92. The van der Waals surface area contributed by atoms with Gasteiger partial charge in [-0.3, -0.25) is 4.68 Å². The summed E-state index contributed by atoms with van der Waals surface area (Å²) in [6, 6.07) is 0. The average molecular weight is 239 g/mol. The first-order valence-electron chi connectivity index (χ1n) is 6.56. The van der Waals surface area contributed by atoms with Crippen LogP contribution in [0.3, 0.4) is 0 Å². The van der Waals surface area contributed by atoms with E-state index >= 15 is 0 Å². The third-order valence-electron chi connectivity index (χ3n) is 2.67. The molecule has 1 aromatic rings. The number of hydrogen-bond acceptors (Lipinski definition) is 4. The summed E-state index contributed by atoms with van der Waals surface area (Å²) in [4.78, 5) is 2.49. The van der Waals surface area contributed by atoms with Crippen LogP contribution in [-0.2, 0) is 13.1 Å². The molecule has 17 heavy (non-hydrogen) atoms. The predicted octanol–water partition coefficient (Wildman–Crippen LogP) is 1.12. The van der Waals surface area contributed by atoms with Crippen molar-refractivity contribution < 1.29 is 0 Å². The molecule has 0 atom stereocenters. The van der Waals surface area contributed by atoms with Gasteiger partial charge < -0.3 is 10.2 Å². The molecule has 0 radical (unpaired) electrons. The van der Waals surface area contributed by atoms with Crippen molar-refractivity contribution in [2.24, 2.45) is 0 Å². The van der Waals surface area contributed by atoms with E-state index in [1.165, 1.54) is 25.9 Å². The van der Waals surface area contributed by atoms with Gasteiger partial charge in [-0.15, -0.1) is 5.10 Å². The summed E-state index contributed by atoms with van der Waals surface area (Å²) in [6.07, 6.45) is 4.44. The predicted molar refractivity (Wildman–Crippen MR) is 69.8 cm³/mol. The molecule has 0 aliphatic heterocycles. The summed E-state index contributed by atoms with van der Waals surface area (Å²) in [7, 11) is 1.92. The summed E-state index contributed by atoms with van der Waals surface area (Å²) in [5.74, 6) is 0. The van der Waals surface area contributed by atoms with Crippen LogP contribution in [0.2, 0.25) is 0 Å². The average Bonchev–Trinajstić information content (AvgIpc) is 2.75. The Morgan fingerprint density at radius 1 is 1.24 bits per heavy atom. The molecule has 5 heteroatoms. The van der Waals surface area contributed by atoms with Gasteiger partial charge in [-0.1, -0.05) is 19.1 Å². The molecule has 98 valence electrons. The van der Waals surface area contributed by atoms with Crippen molar-refractivity contribution in [3.05, 3.63) is 11.9 Å². The highest BCUT2D eigenvalue weighted by molar-refractivity contribution is 4.91. The van der Waals surface area contributed by atoms with Gasteiger partial charge in [-0.2, -0.15) is 0 Å². The fraction of sp³-hybridized carbons (Fsp3) is 0.833. The number of nitrogens with zero attached hydrogens (tertiary/aromatic N) is 4. The highest BCUT2D eigenvalue weighted by atomic mass is 15.4. The van der Waals surface area contributed by atoms with Gasteiger partial charge in [-0.25, -0.2) is 0 Å². The van der Waals surface area contributed by atoms with Gasteiger partial charge in [0, 0.05) is 19.3 Å². The molecule has 0 aliphatic carbocycles. The van der Waals surface area contributed by atoms with Crippen LogP contribution in [0.4, 0.5) is 0 Å². The van der Waals surface area contributed by atoms with E-state index in [2.05, 4.69) is 34.4 Å². The van der Waals surface area contributed by atoms with Crippen LogP contribution in [0, 0.1) is 0 Å². The minimum atomic E-state index is 0.785. The second-order valence-corrected chi connectivity index (χ2v) is 4.34. The van der Waals surface area contributed by atoms with Crippen LogP contribution in [0.1, 0.15) is 32.4 Å². The monoisotopic (exact) mass is 239 g/mol. The first-order chi connectivity index (χ1) is 8.30. The second kappa shape index (κ2) is 8.20. The van der Waals surface area contributed by atoms with Gasteiger partial charge in [0.05, 0.1) is 12.2 Å². The van der Waals surface area contributed by atoms with E-state index in [1.54, 1.807) is 0 Å². The maximum Gasteiger partial charge on any atom is 0.0964 e. The highest BCUT2D eigenvalue weighted by Gasteiger charge is 2.04. The summed E-state index contributed by atoms with van der Waals surface area (Å²) >= 11 is 0. The minimum Gasteiger partial charge on any atom is -0.314 e. The number of hydrogen-bond donors (Lipinski definition) is 1. The Bertz CT molecular complexity index is 291. The van der Waals surface area contributed by atoms with Crippen LogP contribution in [-0.4, -0.2) is 46.6 Å².